The van der Waals surface area contributed by atoms with Gasteiger partial charge in [-0.1, -0.05) is 51.1 Å². The minimum atomic E-state index is -3.95. The van der Waals surface area contributed by atoms with Gasteiger partial charge in [0.05, 0.1) is 16.9 Å². The molecule has 5 nitrogen and oxygen atoms in total. The molecule has 2 saturated carbocycles. The van der Waals surface area contributed by atoms with Gasteiger partial charge in [0.15, 0.2) is 5.78 Å². The zero-order valence-electron chi connectivity index (χ0n) is 17.1. The molecule has 0 heterocycles. The van der Waals surface area contributed by atoms with Crippen LogP contribution < -0.4 is 0 Å². The second-order valence-electron chi connectivity index (χ2n) is 8.84. The number of hydrogen-bond donors (Lipinski definition) is 0. The maximum absolute atomic E-state index is 13.0. The lowest BCUT2D eigenvalue weighted by Crippen LogP contribution is -2.42. The molecule has 0 saturated heterocycles. The number of Topliss-reactive ketones (excluding diaryl/α,β-unsaturated/α-hetero) is 2. The summed E-state index contributed by atoms with van der Waals surface area (Å²) in [6.07, 6.45) is 3.70. The van der Waals surface area contributed by atoms with E-state index in [2.05, 4.69) is 0 Å². The fourth-order valence-corrected chi connectivity index (χ4v) is 9.82. The van der Waals surface area contributed by atoms with Crippen LogP contribution in [0, 0.1) is 16.7 Å². The Hall–Kier alpha value is -1.18. The van der Waals surface area contributed by atoms with Gasteiger partial charge in [0.1, 0.15) is 5.78 Å². The lowest BCUT2D eigenvalue weighted by molar-refractivity contribution is -0.128. The van der Waals surface area contributed by atoms with E-state index in [9.17, 15) is 18.0 Å². The van der Waals surface area contributed by atoms with Gasteiger partial charge in [-0.25, -0.2) is 3.63 Å². The van der Waals surface area contributed by atoms with Crippen molar-refractivity contribution < 1.29 is 21.6 Å². The zero-order valence-corrected chi connectivity index (χ0v) is 18.7. The summed E-state index contributed by atoms with van der Waals surface area (Å²) in [6.45, 7) is 5.86. The summed E-state index contributed by atoms with van der Waals surface area (Å²) in [7, 11) is -6.10. The maximum Gasteiger partial charge on any atom is 0.277 e. The summed E-state index contributed by atoms with van der Waals surface area (Å²) in [4.78, 5) is 25.3. The van der Waals surface area contributed by atoms with E-state index in [4.69, 9.17) is 3.63 Å². The first-order valence-corrected chi connectivity index (χ1v) is 13.6. The molecule has 0 N–H and O–H groups in total. The summed E-state index contributed by atoms with van der Waals surface area (Å²) in [5.41, 5.74) is -0.633. The van der Waals surface area contributed by atoms with Crippen LogP contribution in [0.4, 0.5) is 0 Å². The first-order chi connectivity index (χ1) is 12.9. The number of ketones is 2. The number of carbonyl (C=O) groups excluding carboxylic acids is 2. The molecular formula is C21H30O5S2. The smallest absolute Gasteiger partial charge is 0.277 e. The van der Waals surface area contributed by atoms with Gasteiger partial charge in [-0.05, 0) is 36.2 Å². The summed E-state index contributed by atoms with van der Waals surface area (Å²) in [5, 5.41) is 0. The Morgan fingerprint density at radius 2 is 1.86 bits per heavy atom. The van der Waals surface area contributed by atoms with Crippen LogP contribution in [0.15, 0.2) is 30.3 Å². The van der Waals surface area contributed by atoms with Crippen LogP contribution in [0.2, 0.25) is 0 Å². The van der Waals surface area contributed by atoms with Crippen LogP contribution >= 0.6 is 10.3 Å². The van der Waals surface area contributed by atoms with Gasteiger partial charge in [0.25, 0.3) is 10.1 Å². The van der Waals surface area contributed by atoms with Gasteiger partial charge in [-0.15, -0.1) is 10.3 Å². The fourth-order valence-electron chi connectivity index (χ4n) is 4.84. The third-order valence-corrected chi connectivity index (χ3v) is 12.1. The van der Waals surface area contributed by atoms with Crippen LogP contribution in [-0.2, 0) is 18.5 Å². The predicted molar refractivity (Wildman–Crippen MR) is 113 cm³/mol. The molecule has 0 radical (unpaired) electrons. The average Bonchev–Trinajstić information content (AvgIpc) is 2.95. The van der Waals surface area contributed by atoms with E-state index >= 15 is 0 Å². The van der Waals surface area contributed by atoms with Crippen molar-refractivity contribution in [1.82, 2.24) is 0 Å². The number of benzene rings is 1. The van der Waals surface area contributed by atoms with Crippen molar-refractivity contribution in [3.63, 3.8) is 0 Å². The Balaban J connectivity index is 1.78. The van der Waals surface area contributed by atoms with Gasteiger partial charge in [-0.3, -0.25) is 9.59 Å². The first kappa shape index (κ1) is 21.5. The number of fused-ring (bicyclic) bond motifs is 2. The molecule has 2 aliphatic carbocycles. The fraction of sp³-hybridized carbons (Fsp3) is 0.619. The molecule has 2 bridgehead atoms. The molecule has 0 aromatic heterocycles. The van der Waals surface area contributed by atoms with E-state index in [1.165, 1.54) is 0 Å². The molecule has 2 fully saturated rings. The van der Waals surface area contributed by atoms with E-state index in [-0.39, 0.29) is 34.4 Å². The summed E-state index contributed by atoms with van der Waals surface area (Å²) in [6, 6.07) is 8.85. The molecule has 156 valence electrons. The van der Waals surface area contributed by atoms with Gasteiger partial charge >= 0.3 is 0 Å². The molecule has 0 aliphatic heterocycles. The highest BCUT2D eigenvalue weighted by Gasteiger charge is 2.65. The van der Waals surface area contributed by atoms with Gasteiger partial charge < -0.3 is 0 Å². The largest absolute Gasteiger partial charge is 0.299 e. The Labute approximate surface area is 169 Å². The van der Waals surface area contributed by atoms with E-state index in [0.717, 1.165) is 6.42 Å². The minimum Gasteiger partial charge on any atom is -0.299 e. The average molecular weight is 427 g/mol. The Morgan fingerprint density at radius 1 is 1.21 bits per heavy atom. The molecule has 3 unspecified atom stereocenters. The van der Waals surface area contributed by atoms with E-state index in [0.29, 0.717) is 24.2 Å². The van der Waals surface area contributed by atoms with Gasteiger partial charge in [-0.2, -0.15) is 8.42 Å². The molecule has 1 aromatic carbocycles. The predicted octanol–water partition coefficient (Wildman–Crippen LogP) is 3.98. The first-order valence-electron chi connectivity index (χ1n) is 9.74. The van der Waals surface area contributed by atoms with E-state index in [1.54, 1.807) is 30.5 Å². The second-order valence-corrected chi connectivity index (χ2v) is 14.0. The molecule has 0 spiro atoms. The van der Waals surface area contributed by atoms with Crippen molar-refractivity contribution in [2.45, 2.75) is 40.0 Å². The molecule has 1 aromatic rings. The van der Waals surface area contributed by atoms with Crippen LogP contribution in [0.5, 0.6) is 0 Å². The van der Waals surface area contributed by atoms with Crippen molar-refractivity contribution in [2.24, 2.45) is 16.7 Å². The number of rotatable bonds is 8. The van der Waals surface area contributed by atoms with E-state index in [1.807, 2.05) is 26.8 Å². The molecular weight excluding hydrogens is 396 g/mol. The topological polar surface area (TPSA) is 77.5 Å². The Morgan fingerprint density at radius 3 is 2.36 bits per heavy atom. The van der Waals surface area contributed by atoms with Crippen molar-refractivity contribution in [3.8, 4) is 0 Å². The third kappa shape index (κ3) is 3.68. The minimum absolute atomic E-state index is 0.0505. The molecule has 0 amide bonds. The highest BCUT2D eigenvalue weighted by atomic mass is 32.3. The number of carbonyl (C=O) groups is 2. The van der Waals surface area contributed by atoms with Crippen molar-refractivity contribution >= 4 is 32.0 Å². The lowest BCUT2D eigenvalue weighted by Gasteiger charge is -2.38. The Bertz CT molecular complexity index is 877. The summed E-state index contributed by atoms with van der Waals surface area (Å²) < 4.78 is 31.8. The van der Waals surface area contributed by atoms with Gasteiger partial charge in [0, 0.05) is 12.0 Å². The van der Waals surface area contributed by atoms with E-state index < -0.39 is 25.8 Å². The highest BCUT2D eigenvalue weighted by Crippen LogP contribution is 2.64. The highest BCUT2D eigenvalue weighted by molar-refractivity contribution is 8.32. The van der Waals surface area contributed by atoms with Crippen molar-refractivity contribution in [1.29, 1.82) is 0 Å². The normalized spacial score (nSPS) is 29.4. The molecule has 3 atom stereocenters. The summed E-state index contributed by atoms with van der Waals surface area (Å²) >= 11 is 0. The monoisotopic (exact) mass is 426 g/mol. The van der Waals surface area contributed by atoms with Crippen molar-refractivity contribution in [2.75, 3.05) is 23.5 Å². The Kier molecular flexibility index (Phi) is 5.58. The number of hydrogen-bond acceptors (Lipinski definition) is 5. The van der Waals surface area contributed by atoms with Crippen LogP contribution in [0.1, 0.15) is 50.4 Å². The van der Waals surface area contributed by atoms with Gasteiger partial charge in [0.2, 0.25) is 0 Å². The molecule has 2 aliphatic rings. The van der Waals surface area contributed by atoms with Crippen LogP contribution in [-0.4, -0.2) is 43.5 Å². The molecule has 28 heavy (non-hydrogen) atoms. The molecule has 7 heteroatoms. The van der Waals surface area contributed by atoms with Crippen LogP contribution in [0.25, 0.3) is 0 Å². The SMILES string of the molecule is CCS(C)(CC(=O)c1ccccc1)OS(=O)(=O)CC12CCC(CC1=O)C2(C)C. The zero-order chi connectivity index (χ0) is 20.8. The van der Waals surface area contributed by atoms with Crippen molar-refractivity contribution in [3.05, 3.63) is 35.9 Å². The second kappa shape index (κ2) is 7.26. The maximum atomic E-state index is 13.0. The lowest BCUT2D eigenvalue weighted by atomic mass is 9.70. The van der Waals surface area contributed by atoms with Crippen LogP contribution in [0.3, 0.4) is 0 Å². The third-order valence-electron chi connectivity index (χ3n) is 6.97. The quantitative estimate of drug-likeness (QED) is 0.588. The summed E-state index contributed by atoms with van der Waals surface area (Å²) in [5.74, 6) is 0.419. The standard InChI is InChI=1S/C21H30O5S2/c1-5-27(4,14-18(22)16-9-7-6-8-10-16)26-28(24,25)15-21-12-11-17(13-19(21)23)20(21,2)3/h6-10,17H,5,11-15H2,1-4H3. The molecule has 3 rings (SSSR count).